The molecule has 1 fully saturated rings. The summed E-state index contributed by atoms with van der Waals surface area (Å²) in [6, 6.07) is 5.26. The molecule has 0 bridgehead atoms. The molecule has 1 aliphatic carbocycles. The van der Waals surface area contributed by atoms with Crippen molar-refractivity contribution in [1.82, 2.24) is 15.3 Å². The molecule has 0 spiro atoms. The van der Waals surface area contributed by atoms with Gasteiger partial charge in [-0.15, -0.1) is 0 Å². The number of nitrogens with zero attached hydrogens (tertiary/aromatic N) is 2. The van der Waals surface area contributed by atoms with Gasteiger partial charge in [-0.2, -0.15) is 18.4 Å². The monoisotopic (exact) mass is 364 g/mol. The summed E-state index contributed by atoms with van der Waals surface area (Å²) in [6.07, 6.45) is -0.697. The van der Waals surface area contributed by atoms with Crippen LogP contribution in [0, 0.1) is 16.7 Å². The van der Waals surface area contributed by atoms with Crippen LogP contribution in [0.15, 0.2) is 12.1 Å². The largest absolute Gasteiger partial charge is 0.418 e. The first-order valence-electron chi connectivity index (χ1n) is 8.96. The second-order valence-electron chi connectivity index (χ2n) is 7.52. The first-order valence-corrected chi connectivity index (χ1v) is 8.96. The molecule has 3 rings (SSSR count). The van der Waals surface area contributed by atoms with Crippen LogP contribution < -0.4 is 5.32 Å². The molecule has 2 N–H and O–H groups in total. The van der Waals surface area contributed by atoms with E-state index in [2.05, 4.69) is 21.4 Å². The summed E-state index contributed by atoms with van der Waals surface area (Å²) in [6.45, 7) is 4.56. The third-order valence-corrected chi connectivity index (χ3v) is 5.11. The van der Waals surface area contributed by atoms with Crippen LogP contribution in [-0.2, 0) is 12.7 Å². The summed E-state index contributed by atoms with van der Waals surface area (Å²) in [5.74, 6) is 0.563. The number of hydrogen-bond acceptors (Lipinski definition) is 3. The van der Waals surface area contributed by atoms with Gasteiger partial charge < -0.3 is 10.3 Å². The fourth-order valence-corrected chi connectivity index (χ4v) is 3.61. The highest BCUT2D eigenvalue weighted by atomic mass is 19.4. The number of aromatic amines is 1. The van der Waals surface area contributed by atoms with Crippen molar-refractivity contribution >= 4 is 11.0 Å². The predicted molar refractivity (Wildman–Crippen MR) is 93.4 cm³/mol. The number of hydrogen-bond donors (Lipinski definition) is 2. The van der Waals surface area contributed by atoms with Crippen molar-refractivity contribution in [2.45, 2.75) is 58.2 Å². The van der Waals surface area contributed by atoms with Gasteiger partial charge in [0.2, 0.25) is 0 Å². The molecule has 0 atom stereocenters. The smallest absolute Gasteiger partial charge is 0.342 e. The molecule has 1 heterocycles. The quantitative estimate of drug-likeness (QED) is 0.795. The van der Waals surface area contributed by atoms with E-state index in [1.807, 2.05) is 13.8 Å². The van der Waals surface area contributed by atoms with Crippen LogP contribution in [0.2, 0.25) is 0 Å². The van der Waals surface area contributed by atoms with Gasteiger partial charge in [0.05, 0.1) is 22.6 Å². The van der Waals surface area contributed by atoms with E-state index in [1.54, 1.807) is 6.07 Å². The van der Waals surface area contributed by atoms with Crippen molar-refractivity contribution in [3.63, 3.8) is 0 Å². The average Bonchev–Trinajstić information content (AvgIpc) is 3.20. The SMILES string of the molecule is CC(C)c1nc2c(C(F)(F)F)cc(CNCC3(C#N)CCCC3)cc2[nH]1. The highest BCUT2D eigenvalue weighted by Gasteiger charge is 2.35. The van der Waals surface area contributed by atoms with E-state index >= 15 is 0 Å². The highest BCUT2D eigenvalue weighted by molar-refractivity contribution is 5.80. The Morgan fingerprint density at radius 3 is 2.58 bits per heavy atom. The number of nitriles is 1. The molecule has 0 aliphatic heterocycles. The molecule has 26 heavy (non-hydrogen) atoms. The maximum atomic E-state index is 13.5. The van der Waals surface area contributed by atoms with Crippen LogP contribution in [0.4, 0.5) is 13.2 Å². The molecule has 4 nitrogen and oxygen atoms in total. The Balaban J connectivity index is 1.85. The molecule has 7 heteroatoms. The molecule has 1 aromatic heterocycles. The Morgan fingerprint density at radius 1 is 1.31 bits per heavy atom. The minimum Gasteiger partial charge on any atom is -0.342 e. The lowest BCUT2D eigenvalue weighted by Crippen LogP contribution is -2.30. The van der Waals surface area contributed by atoms with Gasteiger partial charge in [0.25, 0.3) is 0 Å². The molecule has 1 aliphatic rings. The fraction of sp³-hybridized carbons (Fsp3) is 0.579. The molecule has 0 radical (unpaired) electrons. The summed E-state index contributed by atoms with van der Waals surface area (Å²) >= 11 is 0. The Kier molecular flexibility index (Phi) is 4.98. The van der Waals surface area contributed by atoms with E-state index in [0.717, 1.165) is 31.7 Å². The Bertz CT molecular complexity index is 824. The number of alkyl halides is 3. The van der Waals surface area contributed by atoms with E-state index in [4.69, 9.17) is 0 Å². The van der Waals surface area contributed by atoms with Crippen molar-refractivity contribution in [1.29, 1.82) is 5.26 Å². The van der Waals surface area contributed by atoms with Crippen LogP contribution in [0.1, 0.15) is 62.4 Å². The summed E-state index contributed by atoms with van der Waals surface area (Å²) in [5, 5.41) is 12.6. The van der Waals surface area contributed by atoms with Gasteiger partial charge in [0.1, 0.15) is 11.3 Å². The fourth-order valence-electron chi connectivity index (χ4n) is 3.61. The summed E-state index contributed by atoms with van der Waals surface area (Å²) < 4.78 is 40.4. The van der Waals surface area contributed by atoms with Crippen molar-refractivity contribution in [2.24, 2.45) is 5.41 Å². The molecular formula is C19H23F3N4. The van der Waals surface area contributed by atoms with Gasteiger partial charge in [-0.3, -0.25) is 0 Å². The van der Waals surface area contributed by atoms with Gasteiger partial charge >= 0.3 is 6.18 Å². The molecular weight excluding hydrogens is 341 g/mol. The van der Waals surface area contributed by atoms with Crippen molar-refractivity contribution in [3.05, 3.63) is 29.1 Å². The second kappa shape index (κ2) is 6.92. The number of halogens is 3. The lowest BCUT2D eigenvalue weighted by molar-refractivity contribution is -0.136. The molecule has 140 valence electrons. The topological polar surface area (TPSA) is 64.5 Å². The number of imidazole rings is 1. The van der Waals surface area contributed by atoms with Gasteiger partial charge in [-0.25, -0.2) is 4.98 Å². The highest BCUT2D eigenvalue weighted by Crippen LogP contribution is 2.37. The number of benzene rings is 1. The Labute approximate surface area is 150 Å². The zero-order valence-corrected chi connectivity index (χ0v) is 15.0. The minimum absolute atomic E-state index is 0.0166. The van der Waals surface area contributed by atoms with Crippen molar-refractivity contribution in [3.8, 4) is 6.07 Å². The van der Waals surface area contributed by atoms with Crippen LogP contribution >= 0.6 is 0 Å². The summed E-state index contributed by atoms with van der Waals surface area (Å²) in [5.41, 5.74) is -0.193. The average molecular weight is 364 g/mol. The van der Waals surface area contributed by atoms with Gasteiger partial charge in [0.15, 0.2) is 0 Å². The van der Waals surface area contributed by atoms with Crippen molar-refractivity contribution < 1.29 is 13.2 Å². The number of nitrogens with one attached hydrogen (secondary N) is 2. The van der Waals surface area contributed by atoms with Crippen LogP contribution in [0.5, 0.6) is 0 Å². The molecule has 0 amide bonds. The maximum absolute atomic E-state index is 13.5. The molecule has 0 saturated heterocycles. The first kappa shape index (κ1) is 18.7. The minimum atomic E-state index is -4.46. The Morgan fingerprint density at radius 2 is 2.00 bits per heavy atom. The molecule has 0 unspecified atom stereocenters. The van der Waals surface area contributed by atoms with E-state index in [1.165, 1.54) is 0 Å². The predicted octanol–water partition coefficient (Wildman–Crippen LogP) is 4.88. The van der Waals surface area contributed by atoms with Crippen LogP contribution in [0.3, 0.4) is 0 Å². The molecule has 1 aromatic carbocycles. The van der Waals surface area contributed by atoms with Crippen molar-refractivity contribution in [2.75, 3.05) is 6.54 Å². The zero-order chi connectivity index (χ0) is 18.9. The number of fused-ring (bicyclic) bond motifs is 1. The van der Waals surface area contributed by atoms with E-state index in [-0.39, 0.29) is 16.8 Å². The lowest BCUT2D eigenvalue weighted by Gasteiger charge is -2.20. The van der Waals surface area contributed by atoms with E-state index in [9.17, 15) is 18.4 Å². The van der Waals surface area contributed by atoms with Crippen LogP contribution in [0.25, 0.3) is 11.0 Å². The van der Waals surface area contributed by atoms with Gasteiger partial charge in [-0.05, 0) is 30.5 Å². The molecule has 2 aromatic rings. The molecule has 1 saturated carbocycles. The van der Waals surface area contributed by atoms with E-state index in [0.29, 0.717) is 30.0 Å². The van der Waals surface area contributed by atoms with Crippen LogP contribution in [-0.4, -0.2) is 16.5 Å². The first-order chi connectivity index (χ1) is 12.2. The number of rotatable bonds is 5. The normalized spacial score (nSPS) is 17.1. The second-order valence-corrected chi connectivity index (χ2v) is 7.52. The number of H-pyrrole nitrogens is 1. The number of aromatic nitrogens is 2. The maximum Gasteiger partial charge on any atom is 0.418 e. The summed E-state index contributed by atoms with van der Waals surface area (Å²) in [7, 11) is 0. The zero-order valence-electron chi connectivity index (χ0n) is 15.0. The van der Waals surface area contributed by atoms with E-state index < -0.39 is 11.7 Å². The van der Waals surface area contributed by atoms with Gasteiger partial charge in [-0.1, -0.05) is 26.7 Å². The lowest BCUT2D eigenvalue weighted by atomic mass is 9.88. The third kappa shape index (κ3) is 3.70. The third-order valence-electron chi connectivity index (χ3n) is 5.11. The summed E-state index contributed by atoms with van der Waals surface area (Å²) in [4.78, 5) is 7.16. The Hall–Kier alpha value is -2.07. The van der Waals surface area contributed by atoms with Gasteiger partial charge in [0, 0.05) is 19.0 Å². The standard InChI is InChI=1S/C19H23F3N4/c1-12(2)17-25-15-8-13(7-14(16(15)26-17)19(20,21)22)9-24-11-18(10-23)5-3-4-6-18/h7-8,12,24H,3-6,9,11H2,1-2H3,(H,25,26).